The molecule has 0 N–H and O–H groups in total. The van der Waals surface area contributed by atoms with E-state index in [2.05, 4.69) is 59.4 Å². The molecule has 1 aliphatic heterocycles. The topological polar surface area (TPSA) is 49.9 Å². The molecule has 0 unspecified atom stereocenters. The van der Waals surface area contributed by atoms with Crippen molar-refractivity contribution in [1.82, 2.24) is 9.80 Å². The SMILES string of the molecule is C[C@@H]1CN(Cc2ccc(F)cc2)[C@@H](C)CN1C(=O)COc1c(C=O)cc(C(C)(C)C)cc1C(C)(C)C. The molecule has 196 valence electrons. The van der Waals surface area contributed by atoms with Gasteiger partial charge in [-0.3, -0.25) is 14.5 Å². The summed E-state index contributed by atoms with van der Waals surface area (Å²) in [6, 6.07) is 10.7. The number of hydrogen-bond donors (Lipinski definition) is 0. The van der Waals surface area contributed by atoms with Gasteiger partial charge in [-0.05, 0) is 54.0 Å². The van der Waals surface area contributed by atoms with Gasteiger partial charge in [-0.15, -0.1) is 0 Å². The van der Waals surface area contributed by atoms with Crippen LogP contribution in [-0.2, 0) is 22.2 Å². The third kappa shape index (κ3) is 6.52. The number of hydrogen-bond acceptors (Lipinski definition) is 4. The van der Waals surface area contributed by atoms with Crippen molar-refractivity contribution in [2.45, 2.75) is 84.8 Å². The number of aldehydes is 1. The van der Waals surface area contributed by atoms with Crippen molar-refractivity contribution in [2.24, 2.45) is 0 Å². The normalized spacial score (nSPS) is 19.3. The summed E-state index contributed by atoms with van der Waals surface area (Å²) >= 11 is 0. The Morgan fingerprint density at radius 3 is 2.19 bits per heavy atom. The summed E-state index contributed by atoms with van der Waals surface area (Å²) < 4.78 is 19.4. The van der Waals surface area contributed by atoms with Crippen LogP contribution in [0.15, 0.2) is 36.4 Å². The lowest BCUT2D eigenvalue weighted by molar-refractivity contribution is -0.139. The molecule has 1 fully saturated rings. The standard InChI is InChI=1S/C30H41FN2O3/c1-20-16-33(21(2)15-32(20)17-22-9-11-25(31)12-10-22)27(35)19-36-28-23(18-34)13-24(29(3,4)5)14-26(28)30(6,7)8/h9-14,18,20-21H,15-17,19H2,1-8H3/t20-,21+/m0/s1. The largest absolute Gasteiger partial charge is 0.483 e. The molecule has 2 atom stereocenters. The Balaban J connectivity index is 1.74. The Morgan fingerprint density at radius 1 is 1.00 bits per heavy atom. The fraction of sp³-hybridized carbons (Fsp3) is 0.533. The zero-order valence-electron chi connectivity index (χ0n) is 23.0. The summed E-state index contributed by atoms with van der Waals surface area (Å²) in [5.41, 5.74) is 3.14. The number of piperazine rings is 1. The van der Waals surface area contributed by atoms with E-state index >= 15 is 0 Å². The van der Waals surface area contributed by atoms with E-state index in [1.807, 2.05) is 17.9 Å². The average molecular weight is 497 g/mol. The summed E-state index contributed by atoms with van der Waals surface area (Å²) in [6.07, 6.45) is 0.823. The number of rotatable bonds is 6. The van der Waals surface area contributed by atoms with Gasteiger partial charge in [-0.2, -0.15) is 0 Å². The second kappa shape index (κ2) is 10.7. The van der Waals surface area contributed by atoms with Crippen LogP contribution in [0.5, 0.6) is 5.75 Å². The number of benzene rings is 2. The molecule has 0 spiro atoms. The molecule has 2 aromatic carbocycles. The zero-order valence-corrected chi connectivity index (χ0v) is 23.0. The van der Waals surface area contributed by atoms with E-state index in [0.717, 1.165) is 29.5 Å². The first-order valence-electron chi connectivity index (χ1n) is 12.8. The lowest BCUT2D eigenvalue weighted by Gasteiger charge is -2.44. The van der Waals surface area contributed by atoms with Gasteiger partial charge in [0, 0.05) is 37.3 Å². The molecule has 1 aliphatic rings. The van der Waals surface area contributed by atoms with Crippen LogP contribution in [0.4, 0.5) is 4.39 Å². The van der Waals surface area contributed by atoms with Gasteiger partial charge in [0.15, 0.2) is 12.9 Å². The third-order valence-corrected chi connectivity index (χ3v) is 6.99. The van der Waals surface area contributed by atoms with Crippen LogP contribution in [0.3, 0.4) is 0 Å². The van der Waals surface area contributed by atoms with Crippen LogP contribution < -0.4 is 4.74 Å². The number of amides is 1. The molecule has 2 aromatic rings. The Morgan fingerprint density at radius 2 is 1.64 bits per heavy atom. The van der Waals surface area contributed by atoms with Gasteiger partial charge in [-0.1, -0.05) is 59.7 Å². The van der Waals surface area contributed by atoms with Crippen molar-refractivity contribution in [1.29, 1.82) is 0 Å². The first-order valence-corrected chi connectivity index (χ1v) is 12.8. The van der Waals surface area contributed by atoms with E-state index < -0.39 is 0 Å². The molecule has 6 heteroatoms. The molecule has 1 heterocycles. The van der Waals surface area contributed by atoms with Crippen molar-refractivity contribution in [3.05, 3.63) is 64.5 Å². The van der Waals surface area contributed by atoms with E-state index in [1.165, 1.54) is 12.1 Å². The van der Waals surface area contributed by atoms with Crippen molar-refractivity contribution in [2.75, 3.05) is 19.7 Å². The first kappa shape index (κ1) is 27.9. The van der Waals surface area contributed by atoms with Gasteiger partial charge in [-0.25, -0.2) is 4.39 Å². The van der Waals surface area contributed by atoms with Crippen LogP contribution in [-0.4, -0.2) is 53.8 Å². The molecule has 36 heavy (non-hydrogen) atoms. The minimum atomic E-state index is -0.259. The van der Waals surface area contributed by atoms with E-state index in [-0.39, 0.29) is 41.2 Å². The van der Waals surface area contributed by atoms with Crippen LogP contribution in [0.25, 0.3) is 0 Å². The number of carbonyl (C=O) groups is 2. The number of ether oxygens (including phenoxy) is 1. The highest BCUT2D eigenvalue weighted by Crippen LogP contribution is 2.38. The van der Waals surface area contributed by atoms with Crippen LogP contribution in [0, 0.1) is 5.82 Å². The maximum Gasteiger partial charge on any atom is 0.260 e. The highest BCUT2D eigenvalue weighted by atomic mass is 19.1. The van der Waals surface area contributed by atoms with Crippen LogP contribution in [0.1, 0.15) is 82.4 Å². The maximum atomic E-state index is 13.3. The molecule has 1 amide bonds. The van der Waals surface area contributed by atoms with E-state index in [1.54, 1.807) is 12.1 Å². The first-order chi connectivity index (χ1) is 16.7. The fourth-order valence-corrected chi connectivity index (χ4v) is 4.70. The molecule has 0 bridgehead atoms. The molecule has 0 radical (unpaired) electrons. The molecular formula is C30H41FN2O3. The quantitative estimate of drug-likeness (QED) is 0.479. The van der Waals surface area contributed by atoms with Crippen LogP contribution >= 0.6 is 0 Å². The fourth-order valence-electron chi connectivity index (χ4n) is 4.70. The second-order valence-electron chi connectivity index (χ2n) is 12.1. The number of halogens is 1. The van der Waals surface area contributed by atoms with Gasteiger partial charge in [0.05, 0.1) is 5.56 Å². The molecular weight excluding hydrogens is 455 g/mol. The van der Waals surface area contributed by atoms with Crippen molar-refractivity contribution < 1.29 is 18.7 Å². The van der Waals surface area contributed by atoms with E-state index in [4.69, 9.17) is 4.74 Å². The smallest absolute Gasteiger partial charge is 0.260 e. The number of nitrogens with zero attached hydrogens (tertiary/aromatic N) is 2. The summed E-state index contributed by atoms with van der Waals surface area (Å²) in [5, 5.41) is 0. The van der Waals surface area contributed by atoms with Gasteiger partial charge >= 0.3 is 0 Å². The van der Waals surface area contributed by atoms with Crippen LogP contribution in [0.2, 0.25) is 0 Å². The highest BCUT2D eigenvalue weighted by molar-refractivity contribution is 5.83. The van der Waals surface area contributed by atoms with E-state index in [0.29, 0.717) is 24.4 Å². The highest BCUT2D eigenvalue weighted by Gasteiger charge is 2.33. The monoisotopic (exact) mass is 496 g/mol. The molecule has 0 saturated carbocycles. The molecule has 0 aromatic heterocycles. The Hall–Kier alpha value is -2.73. The lowest BCUT2D eigenvalue weighted by atomic mass is 9.79. The Labute approximate surface area is 215 Å². The number of carbonyl (C=O) groups excluding carboxylic acids is 2. The van der Waals surface area contributed by atoms with Crippen molar-refractivity contribution in [3.8, 4) is 5.75 Å². The van der Waals surface area contributed by atoms with Gasteiger partial charge in [0.25, 0.3) is 5.91 Å². The predicted molar refractivity (Wildman–Crippen MR) is 142 cm³/mol. The Bertz CT molecular complexity index is 1080. The summed E-state index contributed by atoms with van der Waals surface area (Å²) in [7, 11) is 0. The molecule has 0 aliphatic carbocycles. The minimum Gasteiger partial charge on any atom is -0.483 e. The van der Waals surface area contributed by atoms with Gasteiger partial charge < -0.3 is 9.64 Å². The third-order valence-electron chi connectivity index (χ3n) is 6.99. The molecule has 1 saturated heterocycles. The second-order valence-corrected chi connectivity index (χ2v) is 12.1. The average Bonchev–Trinajstić information content (AvgIpc) is 2.79. The Kier molecular flexibility index (Phi) is 8.29. The van der Waals surface area contributed by atoms with Crippen molar-refractivity contribution >= 4 is 12.2 Å². The summed E-state index contributed by atoms with van der Waals surface area (Å²) in [4.78, 5) is 29.5. The zero-order chi connectivity index (χ0) is 26.8. The summed E-state index contributed by atoms with van der Waals surface area (Å²) in [5.74, 6) is 0.165. The van der Waals surface area contributed by atoms with E-state index in [9.17, 15) is 14.0 Å². The lowest BCUT2D eigenvalue weighted by Crippen LogP contribution is -2.58. The maximum absolute atomic E-state index is 13.3. The van der Waals surface area contributed by atoms with Gasteiger partial charge in [0.2, 0.25) is 0 Å². The summed E-state index contributed by atoms with van der Waals surface area (Å²) in [6.45, 7) is 18.6. The molecule has 5 nitrogen and oxygen atoms in total. The minimum absolute atomic E-state index is 0.00800. The molecule has 3 rings (SSSR count). The van der Waals surface area contributed by atoms with Crippen molar-refractivity contribution in [3.63, 3.8) is 0 Å². The van der Waals surface area contributed by atoms with Gasteiger partial charge in [0.1, 0.15) is 11.6 Å². The predicted octanol–water partition coefficient (Wildman–Crippen LogP) is 5.73.